The molecule has 1 spiro atoms. The molecule has 2 saturated carbocycles. The predicted octanol–water partition coefficient (Wildman–Crippen LogP) is 1.11. The van der Waals surface area contributed by atoms with Gasteiger partial charge in [-0.3, -0.25) is 0 Å². The van der Waals surface area contributed by atoms with Gasteiger partial charge in [-0.05, 0) is 30.6 Å². The Labute approximate surface area is 85.3 Å². The van der Waals surface area contributed by atoms with Crippen LogP contribution >= 0.6 is 0 Å². The van der Waals surface area contributed by atoms with Crippen molar-refractivity contribution < 1.29 is 8.42 Å². The second-order valence-corrected chi connectivity index (χ2v) is 7.53. The SMILES string of the molecule is CC1(C)[C@H]2CCC13CS(=O)(=O)N[C@H]3C2. The van der Waals surface area contributed by atoms with Crippen LogP contribution in [0.15, 0.2) is 0 Å². The van der Waals surface area contributed by atoms with Crippen LogP contribution in [0, 0.1) is 16.7 Å². The highest BCUT2D eigenvalue weighted by Gasteiger charge is 2.68. The van der Waals surface area contributed by atoms with Crippen molar-refractivity contribution in [3.63, 3.8) is 0 Å². The van der Waals surface area contributed by atoms with E-state index in [0.717, 1.165) is 18.8 Å². The topological polar surface area (TPSA) is 46.2 Å². The van der Waals surface area contributed by atoms with E-state index in [-0.39, 0.29) is 16.9 Å². The molecule has 0 amide bonds. The zero-order valence-corrected chi connectivity index (χ0v) is 9.52. The van der Waals surface area contributed by atoms with Gasteiger partial charge in [0.15, 0.2) is 0 Å². The molecule has 2 bridgehead atoms. The molecule has 2 aliphatic carbocycles. The van der Waals surface area contributed by atoms with Crippen LogP contribution < -0.4 is 4.72 Å². The first-order valence-corrected chi connectivity index (χ1v) is 7.03. The summed E-state index contributed by atoms with van der Waals surface area (Å²) in [5.41, 5.74) is 0.269. The molecule has 0 radical (unpaired) electrons. The number of nitrogens with one attached hydrogen (secondary N) is 1. The average Bonchev–Trinajstić information content (AvgIpc) is 2.50. The second-order valence-electron chi connectivity index (χ2n) is 5.78. The molecule has 3 atom stereocenters. The number of hydrogen-bond donors (Lipinski definition) is 1. The molecule has 1 aliphatic heterocycles. The molecule has 14 heavy (non-hydrogen) atoms. The maximum Gasteiger partial charge on any atom is 0.212 e. The standard InChI is InChI=1S/C10H17NO2S/c1-9(2)7-3-4-10(9)6-14(12,13)11-8(10)5-7/h7-8,11H,3-6H2,1-2H3/t7-,8-,10?/m0/s1. The van der Waals surface area contributed by atoms with Gasteiger partial charge in [-0.1, -0.05) is 13.8 Å². The van der Waals surface area contributed by atoms with Gasteiger partial charge in [-0.25, -0.2) is 13.1 Å². The highest BCUT2D eigenvalue weighted by Crippen LogP contribution is 2.67. The number of fused-ring (bicyclic) bond motifs is 1. The molecule has 0 aromatic heterocycles. The largest absolute Gasteiger partial charge is 0.212 e. The van der Waals surface area contributed by atoms with Gasteiger partial charge < -0.3 is 0 Å². The lowest BCUT2D eigenvalue weighted by molar-refractivity contribution is 0.146. The number of rotatable bonds is 0. The van der Waals surface area contributed by atoms with Crippen LogP contribution in [0.25, 0.3) is 0 Å². The molecule has 3 rings (SSSR count). The quantitative estimate of drug-likeness (QED) is 0.658. The summed E-state index contributed by atoms with van der Waals surface area (Å²) >= 11 is 0. The van der Waals surface area contributed by atoms with E-state index in [1.807, 2.05) is 0 Å². The third kappa shape index (κ3) is 0.807. The molecule has 1 heterocycles. The highest BCUT2D eigenvalue weighted by molar-refractivity contribution is 7.89. The molecule has 3 nitrogen and oxygen atoms in total. The van der Waals surface area contributed by atoms with Gasteiger partial charge in [0.1, 0.15) is 0 Å². The molecule has 0 aromatic rings. The molecular formula is C10H17NO2S. The average molecular weight is 215 g/mol. The maximum atomic E-state index is 11.6. The van der Waals surface area contributed by atoms with Crippen LogP contribution in [-0.2, 0) is 10.0 Å². The number of sulfonamides is 1. The van der Waals surface area contributed by atoms with Crippen LogP contribution in [0.2, 0.25) is 0 Å². The summed E-state index contributed by atoms with van der Waals surface area (Å²) in [6, 6.07) is 0.237. The molecule has 80 valence electrons. The minimum Gasteiger partial charge on any atom is -0.212 e. The van der Waals surface area contributed by atoms with Crippen molar-refractivity contribution in [3.05, 3.63) is 0 Å². The van der Waals surface area contributed by atoms with Gasteiger partial charge in [-0.2, -0.15) is 0 Å². The smallest absolute Gasteiger partial charge is 0.212 e. The molecule has 1 saturated heterocycles. The summed E-state index contributed by atoms with van der Waals surface area (Å²) in [5.74, 6) is 1.10. The Bertz CT molecular complexity index is 387. The Kier molecular flexibility index (Phi) is 1.43. The minimum absolute atomic E-state index is 0.0521. The third-order valence-electron chi connectivity index (χ3n) is 5.20. The van der Waals surface area contributed by atoms with E-state index >= 15 is 0 Å². The normalized spacial score (nSPS) is 52.1. The van der Waals surface area contributed by atoms with E-state index in [1.165, 1.54) is 6.42 Å². The van der Waals surface area contributed by atoms with E-state index in [0.29, 0.717) is 5.75 Å². The van der Waals surface area contributed by atoms with Crippen molar-refractivity contribution in [2.45, 2.75) is 39.2 Å². The van der Waals surface area contributed by atoms with E-state index in [4.69, 9.17) is 0 Å². The van der Waals surface area contributed by atoms with Gasteiger partial charge in [0.05, 0.1) is 5.75 Å². The molecule has 3 aliphatic rings. The summed E-state index contributed by atoms with van der Waals surface area (Å²) < 4.78 is 26.0. The Hall–Kier alpha value is -0.0900. The fourth-order valence-electron chi connectivity index (χ4n) is 4.18. The van der Waals surface area contributed by atoms with E-state index < -0.39 is 10.0 Å². The van der Waals surface area contributed by atoms with E-state index in [2.05, 4.69) is 18.6 Å². The van der Waals surface area contributed by atoms with Crippen molar-refractivity contribution in [1.82, 2.24) is 4.72 Å². The third-order valence-corrected chi connectivity index (χ3v) is 6.74. The summed E-state index contributed by atoms with van der Waals surface area (Å²) in [6.45, 7) is 4.51. The lowest BCUT2D eigenvalue weighted by Crippen LogP contribution is -2.39. The zero-order chi connectivity index (χ0) is 10.2. The van der Waals surface area contributed by atoms with Crippen molar-refractivity contribution in [2.24, 2.45) is 16.7 Å². The van der Waals surface area contributed by atoms with Crippen LogP contribution in [0.4, 0.5) is 0 Å². The Morgan fingerprint density at radius 3 is 2.64 bits per heavy atom. The summed E-state index contributed by atoms with van der Waals surface area (Å²) in [4.78, 5) is 0. The first-order chi connectivity index (χ1) is 6.37. The summed E-state index contributed by atoms with van der Waals surface area (Å²) in [5, 5.41) is 0. The van der Waals surface area contributed by atoms with Crippen LogP contribution in [-0.4, -0.2) is 20.2 Å². The summed E-state index contributed by atoms with van der Waals surface area (Å²) in [6.07, 6.45) is 3.38. The molecular weight excluding hydrogens is 198 g/mol. The van der Waals surface area contributed by atoms with Gasteiger partial charge in [0.2, 0.25) is 10.0 Å². The van der Waals surface area contributed by atoms with Crippen molar-refractivity contribution >= 4 is 10.0 Å². The fraction of sp³-hybridized carbons (Fsp3) is 1.00. The zero-order valence-electron chi connectivity index (χ0n) is 8.71. The van der Waals surface area contributed by atoms with Gasteiger partial charge >= 0.3 is 0 Å². The lowest BCUT2D eigenvalue weighted by Gasteiger charge is -2.36. The highest BCUT2D eigenvalue weighted by atomic mass is 32.2. The van der Waals surface area contributed by atoms with Gasteiger partial charge in [-0.15, -0.1) is 0 Å². The first-order valence-electron chi connectivity index (χ1n) is 5.37. The fourth-order valence-corrected chi connectivity index (χ4v) is 6.42. The van der Waals surface area contributed by atoms with Crippen molar-refractivity contribution in [2.75, 3.05) is 5.75 Å². The van der Waals surface area contributed by atoms with Gasteiger partial charge in [0, 0.05) is 11.5 Å². The lowest BCUT2D eigenvalue weighted by atomic mass is 9.69. The van der Waals surface area contributed by atoms with Gasteiger partial charge in [0.25, 0.3) is 0 Å². The number of hydrogen-bond acceptors (Lipinski definition) is 2. The Balaban J connectivity index is 2.13. The summed E-state index contributed by atoms with van der Waals surface area (Å²) in [7, 11) is -2.97. The Morgan fingerprint density at radius 2 is 2.07 bits per heavy atom. The maximum absolute atomic E-state index is 11.6. The van der Waals surface area contributed by atoms with Crippen LogP contribution in [0.1, 0.15) is 33.1 Å². The second kappa shape index (κ2) is 2.19. The van der Waals surface area contributed by atoms with Crippen LogP contribution in [0.3, 0.4) is 0 Å². The molecule has 3 fully saturated rings. The van der Waals surface area contributed by atoms with E-state index in [1.54, 1.807) is 0 Å². The minimum atomic E-state index is -2.97. The first kappa shape index (κ1) is 9.16. The van der Waals surface area contributed by atoms with Crippen LogP contribution in [0.5, 0.6) is 0 Å². The monoisotopic (exact) mass is 215 g/mol. The molecule has 0 aromatic carbocycles. The Morgan fingerprint density at radius 1 is 1.36 bits per heavy atom. The molecule has 4 heteroatoms. The van der Waals surface area contributed by atoms with Crippen molar-refractivity contribution in [3.8, 4) is 0 Å². The van der Waals surface area contributed by atoms with Crippen molar-refractivity contribution in [1.29, 1.82) is 0 Å². The predicted molar refractivity (Wildman–Crippen MR) is 54.3 cm³/mol. The molecule has 1 N–H and O–H groups in total. The van der Waals surface area contributed by atoms with E-state index in [9.17, 15) is 8.42 Å². The molecule has 1 unspecified atom stereocenters.